The number of alkyl halides is 2. The van der Waals surface area contributed by atoms with E-state index in [1.807, 2.05) is 5.32 Å². The van der Waals surface area contributed by atoms with Crippen molar-refractivity contribution in [2.24, 2.45) is 0 Å². The molecule has 0 aliphatic rings. The number of thiophene rings is 1. The van der Waals surface area contributed by atoms with Gasteiger partial charge in [0.25, 0.3) is 11.6 Å². The summed E-state index contributed by atoms with van der Waals surface area (Å²) >= 11 is 1.24. The molecule has 0 spiro atoms. The van der Waals surface area contributed by atoms with Gasteiger partial charge in [0.2, 0.25) is 0 Å². The Kier molecular flexibility index (Phi) is 4.95. The topological polar surface area (TPSA) is 92.5 Å². The highest BCUT2D eigenvalue weighted by molar-refractivity contribution is 7.10. The maximum Gasteiger partial charge on any atom is 0.349 e. The van der Waals surface area contributed by atoms with Crippen LogP contribution >= 0.6 is 11.3 Å². The van der Waals surface area contributed by atoms with Crippen LogP contribution in [0.3, 0.4) is 0 Å². The summed E-state index contributed by atoms with van der Waals surface area (Å²) in [6.45, 7) is 1.01. The van der Waals surface area contributed by atoms with Gasteiger partial charge < -0.3 is 10.4 Å². The van der Waals surface area contributed by atoms with Crippen LogP contribution in [0.15, 0.2) is 41.8 Å². The molecule has 2 aromatic rings. The number of nitro groups is 1. The molecule has 0 aliphatic heterocycles. The zero-order valence-electron chi connectivity index (χ0n) is 12.5. The molecule has 1 heterocycles. The minimum Gasteiger partial charge on any atom is -0.383 e. The normalized spacial score (nSPS) is 14.0. The molecule has 2 N–H and O–H groups in total. The van der Waals surface area contributed by atoms with Gasteiger partial charge in [0.1, 0.15) is 5.60 Å². The fourth-order valence-corrected chi connectivity index (χ4v) is 2.75. The lowest BCUT2D eigenvalue weighted by atomic mass is 10.0. The summed E-state index contributed by atoms with van der Waals surface area (Å²) in [5.41, 5.74) is -2.49. The van der Waals surface area contributed by atoms with Crippen LogP contribution in [0.4, 0.5) is 14.5 Å². The van der Waals surface area contributed by atoms with Crippen molar-refractivity contribution in [3.8, 4) is 0 Å². The average molecular weight is 356 g/mol. The first-order valence-corrected chi connectivity index (χ1v) is 7.70. The Balaban J connectivity index is 2.08. The summed E-state index contributed by atoms with van der Waals surface area (Å²) in [4.78, 5) is 22.1. The summed E-state index contributed by atoms with van der Waals surface area (Å²) in [5.74, 6) is -5.46. The summed E-state index contributed by atoms with van der Waals surface area (Å²) in [6, 6.07) is 6.79. The second-order valence-electron chi connectivity index (χ2n) is 5.31. The zero-order chi connectivity index (χ0) is 18.0. The smallest absolute Gasteiger partial charge is 0.349 e. The van der Waals surface area contributed by atoms with E-state index in [2.05, 4.69) is 0 Å². The SMILES string of the molecule is CC(O)(CNC(=O)C(F)(F)c1ccc([N+](=O)[O-])cc1)c1cccs1. The van der Waals surface area contributed by atoms with E-state index < -0.39 is 34.5 Å². The Morgan fingerprint density at radius 1 is 1.33 bits per heavy atom. The van der Waals surface area contributed by atoms with E-state index in [4.69, 9.17) is 0 Å². The number of hydrogen-bond acceptors (Lipinski definition) is 5. The molecule has 6 nitrogen and oxygen atoms in total. The number of nitro benzene ring substituents is 1. The number of halogens is 2. The molecular formula is C15H14F2N2O4S. The molecule has 128 valence electrons. The first kappa shape index (κ1) is 18.0. The van der Waals surface area contributed by atoms with Gasteiger partial charge in [-0.1, -0.05) is 6.07 Å². The van der Waals surface area contributed by atoms with Crippen LogP contribution in [0.25, 0.3) is 0 Å². The third-order valence-corrected chi connectivity index (χ3v) is 4.49. The highest BCUT2D eigenvalue weighted by Crippen LogP contribution is 2.30. The Morgan fingerprint density at radius 2 is 1.96 bits per heavy atom. The van der Waals surface area contributed by atoms with Gasteiger partial charge in [0.05, 0.1) is 11.5 Å². The number of non-ortho nitro benzene ring substituents is 1. The lowest BCUT2D eigenvalue weighted by Gasteiger charge is -2.24. The highest BCUT2D eigenvalue weighted by Gasteiger charge is 2.42. The van der Waals surface area contributed by atoms with Crippen molar-refractivity contribution in [1.29, 1.82) is 0 Å². The van der Waals surface area contributed by atoms with Gasteiger partial charge in [0.15, 0.2) is 0 Å². The molecule has 0 bridgehead atoms. The fourth-order valence-electron chi connectivity index (χ4n) is 1.96. The van der Waals surface area contributed by atoms with Crippen LogP contribution in [0, 0.1) is 10.1 Å². The molecule has 1 unspecified atom stereocenters. The number of benzene rings is 1. The van der Waals surface area contributed by atoms with E-state index >= 15 is 0 Å². The molecular weight excluding hydrogens is 342 g/mol. The predicted octanol–water partition coefficient (Wildman–Crippen LogP) is 2.77. The highest BCUT2D eigenvalue weighted by atomic mass is 32.1. The molecule has 0 fully saturated rings. The number of rotatable bonds is 6. The quantitative estimate of drug-likeness (QED) is 0.615. The van der Waals surface area contributed by atoms with Gasteiger partial charge in [-0.25, -0.2) is 0 Å². The van der Waals surface area contributed by atoms with Crippen LogP contribution < -0.4 is 5.32 Å². The van der Waals surface area contributed by atoms with Crippen LogP contribution in [0.5, 0.6) is 0 Å². The van der Waals surface area contributed by atoms with Crippen molar-refractivity contribution in [3.63, 3.8) is 0 Å². The minimum atomic E-state index is -3.87. The second kappa shape index (κ2) is 6.62. The average Bonchev–Trinajstić information content (AvgIpc) is 3.08. The number of carbonyl (C=O) groups excluding carboxylic acids is 1. The lowest BCUT2D eigenvalue weighted by Crippen LogP contribution is -2.44. The minimum absolute atomic E-state index is 0.351. The predicted molar refractivity (Wildman–Crippen MR) is 83.9 cm³/mol. The number of amides is 1. The Bertz CT molecular complexity index is 730. The van der Waals surface area contributed by atoms with Gasteiger partial charge in [-0.3, -0.25) is 14.9 Å². The van der Waals surface area contributed by atoms with E-state index in [1.165, 1.54) is 18.3 Å². The van der Waals surface area contributed by atoms with Gasteiger partial charge >= 0.3 is 5.92 Å². The maximum atomic E-state index is 14.1. The van der Waals surface area contributed by atoms with Crippen LogP contribution in [0.2, 0.25) is 0 Å². The Labute approximate surface area is 139 Å². The fraction of sp³-hybridized carbons (Fsp3) is 0.267. The van der Waals surface area contributed by atoms with Crippen LogP contribution in [0.1, 0.15) is 17.4 Å². The zero-order valence-corrected chi connectivity index (χ0v) is 13.3. The standard InChI is InChI=1S/C15H14F2N2O4S/c1-14(21,12-3-2-8-24-12)9-18-13(20)15(16,17)10-4-6-11(7-5-10)19(22)23/h2-8,21H,9H2,1H3,(H,18,20). The summed E-state index contributed by atoms with van der Waals surface area (Å²) < 4.78 is 28.3. The largest absolute Gasteiger partial charge is 0.383 e. The Hall–Kier alpha value is -2.39. The second-order valence-corrected chi connectivity index (χ2v) is 6.26. The summed E-state index contributed by atoms with van der Waals surface area (Å²) in [6.07, 6.45) is 0. The molecule has 1 aromatic carbocycles. The summed E-state index contributed by atoms with van der Waals surface area (Å²) in [5, 5.41) is 24.5. The van der Waals surface area contributed by atoms with Crippen LogP contribution in [-0.2, 0) is 16.3 Å². The van der Waals surface area contributed by atoms with Crippen molar-refractivity contribution in [1.82, 2.24) is 5.32 Å². The van der Waals surface area contributed by atoms with Crippen molar-refractivity contribution >= 4 is 22.9 Å². The first-order chi connectivity index (χ1) is 11.1. The molecule has 0 saturated carbocycles. The van der Waals surface area contributed by atoms with E-state index in [1.54, 1.807) is 17.5 Å². The Morgan fingerprint density at radius 3 is 2.46 bits per heavy atom. The van der Waals surface area contributed by atoms with Crippen LogP contribution in [-0.4, -0.2) is 22.5 Å². The third kappa shape index (κ3) is 3.74. The molecule has 0 aliphatic carbocycles. The van der Waals surface area contributed by atoms with Crippen molar-refractivity contribution < 1.29 is 23.6 Å². The van der Waals surface area contributed by atoms with Gasteiger partial charge in [-0.2, -0.15) is 8.78 Å². The molecule has 1 aromatic heterocycles. The van der Waals surface area contributed by atoms with E-state index in [9.17, 15) is 28.8 Å². The van der Waals surface area contributed by atoms with Crippen molar-refractivity contribution in [2.45, 2.75) is 18.4 Å². The van der Waals surface area contributed by atoms with E-state index in [0.29, 0.717) is 4.88 Å². The van der Waals surface area contributed by atoms with E-state index in [0.717, 1.165) is 24.3 Å². The maximum absolute atomic E-state index is 14.1. The lowest BCUT2D eigenvalue weighted by molar-refractivity contribution is -0.384. The number of nitrogens with zero attached hydrogens (tertiary/aromatic N) is 1. The molecule has 2 rings (SSSR count). The van der Waals surface area contributed by atoms with E-state index in [-0.39, 0.29) is 5.69 Å². The van der Waals surface area contributed by atoms with Crippen molar-refractivity contribution in [2.75, 3.05) is 6.54 Å². The number of nitrogens with one attached hydrogen (secondary N) is 1. The number of aliphatic hydroxyl groups is 1. The monoisotopic (exact) mass is 356 g/mol. The third-order valence-electron chi connectivity index (χ3n) is 3.37. The molecule has 9 heteroatoms. The van der Waals surface area contributed by atoms with Gasteiger partial charge in [-0.15, -0.1) is 11.3 Å². The van der Waals surface area contributed by atoms with Gasteiger partial charge in [0, 0.05) is 22.6 Å². The molecule has 0 radical (unpaired) electrons. The molecule has 1 amide bonds. The molecule has 0 saturated heterocycles. The summed E-state index contributed by atoms with van der Waals surface area (Å²) in [7, 11) is 0. The number of carbonyl (C=O) groups is 1. The molecule has 24 heavy (non-hydrogen) atoms. The van der Waals surface area contributed by atoms with Gasteiger partial charge in [-0.05, 0) is 30.5 Å². The van der Waals surface area contributed by atoms with Crippen molar-refractivity contribution in [3.05, 3.63) is 62.3 Å². The first-order valence-electron chi connectivity index (χ1n) is 6.82. The number of hydrogen-bond donors (Lipinski definition) is 2. The molecule has 1 atom stereocenters.